The minimum Gasteiger partial charge on any atom is -0.371 e. The molecule has 0 saturated carbocycles. The van der Waals surface area contributed by atoms with E-state index in [2.05, 4.69) is 12.2 Å². The maximum absolute atomic E-state index is 8.40. The van der Waals surface area contributed by atoms with Crippen LogP contribution in [0.25, 0.3) is 0 Å². The van der Waals surface area contributed by atoms with Gasteiger partial charge in [0.25, 0.3) is 0 Å². The number of rotatable bonds is 3. The minimum atomic E-state index is -0.157. The molecule has 0 aromatic carbocycles. The van der Waals surface area contributed by atoms with Gasteiger partial charge >= 0.3 is 0 Å². The van der Waals surface area contributed by atoms with E-state index in [1.807, 2.05) is 0 Å². The average molecular weight is 145 g/mol. The van der Waals surface area contributed by atoms with Crippen LogP contribution in [0.4, 0.5) is 0 Å². The minimum absolute atomic E-state index is 0.157. The molecule has 3 nitrogen and oxygen atoms in total. The molecule has 1 aliphatic rings. The van der Waals surface area contributed by atoms with Crippen molar-refractivity contribution in [2.24, 2.45) is 5.41 Å². The Bertz CT molecular complexity index is 99.8. The van der Waals surface area contributed by atoms with Gasteiger partial charge in [0.2, 0.25) is 0 Å². The Morgan fingerprint density at radius 2 is 2.50 bits per heavy atom. The van der Waals surface area contributed by atoms with Crippen LogP contribution in [0.5, 0.6) is 0 Å². The fraction of sp³-hybridized carbons (Fsp3) is 1.00. The Balaban J connectivity index is 2.22. The molecule has 0 bridgehead atoms. The summed E-state index contributed by atoms with van der Waals surface area (Å²) in [7, 11) is 0. The van der Waals surface area contributed by atoms with Crippen molar-refractivity contribution < 1.29 is 9.84 Å². The summed E-state index contributed by atoms with van der Waals surface area (Å²) in [4.78, 5) is 0. The molecule has 10 heavy (non-hydrogen) atoms. The molecule has 0 aromatic rings. The maximum atomic E-state index is 8.40. The van der Waals surface area contributed by atoms with Crippen LogP contribution >= 0.6 is 0 Å². The fourth-order valence-corrected chi connectivity index (χ4v) is 1.28. The lowest BCUT2D eigenvalue weighted by molar-refractivity contribution is -0.0351. The van der Waals surface area contributed by atoms with Crippen molar-refractivity contribution in [2.45, 2.75) is 13.3 Å². The third kappa shape index (κ3) is 1.94. The molecule has 1 atom stereocenters. The first kappa shape index (κ1) is 7.98. The van der Waals surface area contributed by atoms with Crippen LogP contribution in [0.15, 0.2) is 0 Å². The maximum Gasteiger partial charge on any atom is 0.143 e. The molecule has 0 aromatic heterocycles. The summed E-state index contributed by atoms with van der Waals surface area (Å²) in [6.45, 7) is 4.76. The van der Waals surface area contributed by atoms with Crippen LogP contribution in [0.2, 0.25) is 0 Å². The molecule has 1 rings (SSSR count). The highest BCUT2D eigenvalue weighted by molar-refractivity contribution is 4.83. The van der Waals surface area contributed by atoms with Crippen molar-refractivity contribution in [1.82, 2.24) is 5.32 Å². The normalized spacial score (nSPS) is 33.0. The molecular weight excluding hydrogens is 130 g/mol. The van der Waals surface area contributed by atoms with Crippen LogP contribution in [0.1, 0.15) is 13.3 Å². The number of hydrogen-bond donors (Lipinski definition) is 2. The van der Waals surface area contributed by atoms with Gasteiger partial charge in [-0.3, -0.25) is 0 Å². The molecule has 1 unspecified atom stereocenters. The van der Waals surface area contributed by atoms with Gasteiger partial charge in [-0.05, 0) is 13.0 Å². The quantitative estimate of drug-likeness (QED) is 0.547. The van der Waals surface area contributed by atoms with Gasteiger partial charge in [0, 0.05) is 12.0 Å². The van der Waals surface area contributed by atoms with Gasteiger partial charge in [-0.15, -0.1) is 0 Å². The van der Waals surface area contributed by atoms with Crippen molar-refractivity contribution in [3.05, 3.63) is 0 Å². The lowest BCUT2D eigenvalue weighted by atomic mass is 9.91. The highest BCUT2D eigenvalue weighted by Gasteiger charge is 2.28. The average Bonchev–Trinajstić information content (AvgIpc) is 2.33. The first-order valence-electron chi connectivity index (χ1n) is 3.66. The summed E-state index contributed by atoms with van der Waals surface area (Å²) in [6, 6.07) is 0. The second-order valence-electron chi connectivity index (χ2n) is 3.21. The number of hydrogen-bond acceptors (Lipinski definition) is 3. The predicted octanol–water partition coefficient (Wildman–Crippen LogP) is -0.0476. The monoisotopic (exact) mass is 145 g/mol. The van der Waals surface area contributed by atoms with E-state index in [0.717, 1.165) is 19.5 Å². The van der Waals surface area contributed by atoms with Crippen LogP contribution < -0.4 is 5.32 Å². The molecule has 0 aliphatic carbocycles. The molecule has 1 fully saturated rings. The Hall–Kier alpha value is -0.120. The largest absolute Gasteiger partial charge is 0.371 e. The molecule has 0 radical (unpaired) electrons. The molecule has 1 heterocycles. The molecule has 1 aliphatic heterocycles. The number of aliphatic hydroxyl groups excluding tert-OH is 1. The van der Waals surface area contributed by atoms with Crippen molar-refractivity contribution in [2.75, 3.05) is 26.5 Å². The SMILES string of the molecule is CC1(COCO)CCNC1. The third-order valence-electron chi connectivity index (χ3n) is 2.00. The van der Waals surface area contributed by atoms with Gasteiger partial charge in [-0.1, -0.05) is 6.92 Å². The molecule has 0 amide bonds. The predicted molar refractivity (Wildman–Crippen MR) is 38.6 cm³/mol. The third-order valence-corrected chi connectivity index (χ3v) is 2.00. The van der Waals surface area contributed by atoms with Crippen LogP contribution in [0.3, 0.4) is 0 Å². The van der Waals surface area contributed by atoms with Crippen molar-refractivity contribution >= 4 is 0 Å². The number of aliphatic hydroxyl groups is 1. The fourth-order valence-electron chi connectivity index (χ4n) is 1.28. The Morgan fingerprint density at radius 1 is 1.70 bits per heavy atom. The first-order valence-corrected chi connectivity index (χ1v) is 3.66. The van der Waals surface area contributed by atoms with Crippen LogP contribution in [-0.2, 0) is 4.74 Å². The number of ether oxygens (including phenoxy) is 1. The van der Waals surface area contributed by atoms with E-state index in [1.165, 1.54) is 0 Å². The van der Waals surface area contributed by atoms with Crippen LogP contribution in [-0.4, -0.2) is 31.6 Å². The second-order valence-corrected chi connectivity index (χ2v) is 3.21. The summed E-state index contributed by atoms with van der Waals surface area (Å²) in [6.07, 6.45) is 1.15. The lowest BCUT2D eigenvalue weighted by Gasteiger charge is -2.20. The van der Waals surface area contributed by atoms with Gasteiger partial charge in [0.15, 0.2) is 0 Å². The summed E-state index contributed by atoms with van der Waals surface area (Å²) in [5.74, 6) is 0. The molecule has 60 valence electrons. The molecule has 1 saturated heterocycles. The highest BCUT2D eigenvalue weighted by Crippen LogP contribution is 2.24. The Labute approximate surface area is 61.4 Å². The highest BCUT2D eigenvalue weighted by atomic mass is 16.6. The van der Waals surface area contributed by atoms with Crippen LogP contribution in [0, 0.1) is 5.41 Å². The van der Waals surface area contributed by atoms with Crippen molar-refractivity contribution in [1.29, 1.82) is 0 Å². The summed E-state index contributed by atoms with van der Waals surface area (Å²) in [5.41, 5.74) is 0.253. The zero-order chi connectivity index (χ0) is 7.45. The molecular formula is C7H15NO2. The van der Waals surface area contributed by atoms with Gasteiger partial charge < -0.3 is 15.2 Å². The van der Waals surface area contributed by atoms with E-state index >= 15 is 0 Å². The van der Waals surface area contributed by atoms with Gasteiger partial charge in [-0.25, -0.2) is 0 Å². The second kappa shape index (κ2) is 3.32. The lowest BCUT2D eigenvalue weighted by Crippen LogP contribution is -2.26. The van der Waals surface area contributed by atoms with Gasteiger partial charge in [-0.2, -0.15) is 0 Å². The van der Waals surface area contributed by atoms with Gasteiger partial charge in [0.1, 0.15) is 6.79 Å². The van der Waals surface area contributed by atoms with E-state index in [-0.39, 0.29) is 12.2 Å². The van der Waals surface area contributed by atoms with E-state index < -0.39 is 0 Å². The first-order chi connectivity index (χ1) is 4.77. The zero-order valence-electron chi connectivity index (χ0n) is 6.39. The topological polar surface area (TPSA) is 41.5 Å². The smallest absolute Gasteiger partial charge is 0.143 e. The van der Waals surface area contributed by atoms with Crippen molar-refractivity contribution in [3.63, 3.8) is 0 Å². The zero-order valence-corrected chi connectivity index (χ0v) is 6.39. The summed E-state index contributed by atoms with van der Waals surface area (Å²) < 4.78 is 4.94. The van der Waals surface area contributed by atoms with E-state index in [9.17, 15) is 0 Å². The standard InChI is InChI=1S/C7H15NO2/c1-7(5-10-6-9)2-3-8-4-7/h8-9H,2-6H2,1H3. The van der Waals surface area contributed by atoms with Gasteiger partial charge in [0.05, 0.1) is 6.61 Å². The Kier molecular flexibility index (Phi) is 2.65. The molecule has 0 spiro atoms. The molecule has 2 N–H and O–H groups in total. The molecule has 3 heteroatoms. The van der Waals surface area contributed by atoms with E-state index in [1.54, 1.807) is 0 Å². The number of nitrogens with one attached hydrogen (secondary N) is 1. The summed E-state index contributed by atoms with van der Waals surface area (Å²) >= 11 is 0. The van der Waals surface area contributed by atoms with E-state index in [0.29, 0.717) is 6.61 Å². The van der Waals surface area contributed by atoms with E-state index in [4.69, 9.17) is 9.84 Å². The summed E-state index contributed by atoms with van der Waals surface area (Å²) in [5, 5.41) is 11.7. The Morgan fingerprint density at radius 3 is 3.00 bits per heavy atom. The van der Waals surface area contributed by atoms with Crippen molar-refractivity contribution in [3.8, 4) is 0 Å².